The molecule has 0 atom stereocenters. The lowest BCUT2D eigenvalue weighted by Gasteiger charge is -2.10. The summed E-state index contributed by atoms with van der Waals surface area (Å²) in [5, 5.41) is 4.31. The number of fused-ring (bicyclic) bond motifs is 1. The maximum atomic E-state index is 12.1. The average molecular weight is 223 g/mol. The predicted molar refractivity (Wildman–Crippen MR) is 60.6 cm³/mol. The van der Waals surface area contributed by atoms with Crippen molar-refractivity contribution in [2.45, 2.75) is 6.43 Å². The molecule has 2 rings (SSSR count). The van der Waals surface area contributed by atoms with Crippen LogP contribution in [0.1, 0.15) is 0 Å². The molecule has 1 aromatic carbocycles. The van der Waals surface area contributed by atoms with E-state index in [4.69, 9.17) is 5.73 Å². The molecule has 5 heteroatoms. The van der Waals surface area contributed by atoms with Crippen LogP contribution in [-0.2, 0) is 0 Å². The fourth-order valence-electron chi connectivity index (χ4n) is 1.53. The Labute approximate surface area is 91.3 Å². The van der Waals surface area contributed by atoms with Crippen molar-refractivity contribution in [1.29, 1.82) is 0 Å². The summed E-state index contributed by atoms with van der Waals surface area (Å²) in [6.45, 7) is -0.402. The average Bonchev–Trinajstić information content (AvgIpc) is 2.28. The van der Waals surface area contributed by atoms with E-state index in [2.05, 4.69) is 10.3 Å². The van der Waals surface area contributed by atoms with E-state index in [0.717, 1.165) is 10.8 Å². The molecule has 0 spiro atoms. The van der Waals surface area contributed by atoms with Crippen LogP contribution < -0.4 is 11.1 Å². The highest BCUT2D eigenvalue weighted by Crippen LogP contribution is 2.27. The fourth-order valence-corrected chi connectivity index (χ4v) is 1.53. The number of rotatable bonds is 3. The molecule has 1 heterocycles. The van der Waals surface area contributed by atoms with Gasteiger partial charge in [-0.15, -0.1) is 0 Å². The number of alkyl halides is 2. The van der Waals surface area contributed by atoms with Gasteiger partial charge in [-0.1, -0.05) is 6.07 Å². The second-order valence-corrected chi connectivity index (χ2v) is 3.40. The number of nitrogen functional groups attached to an aromatic ring is 1. The molecule has 0 saturated heterocycles. The van der Waals surface area contributed by atoms with Gasteiger partial charge in [0.25, 0.3) is 6.43 Å². The maximum Gasteiger partial charge on any atom is 0.255 e. The summed E-state index contributed by atoms with van der Waals surface area (Å²) in [7, 11) is 0. The highest BCUT2D eigenvalue weighted by atomic mass is 19.3. The SMILES string of the molecule is Nc1c(NCC(F)F)ccc2cnccc12. The molecule has 3 N–H and O–H groups in total. The maximum absolute atomic E-state index is 12.1. The minimum Gasteiger partial charge on any atom is -0.397 e. The Kier molecular flexibility index (Phi) is 2.85. The molecule has 0 unspecified atom stereocenters. The van der Waals surface area contributed by atoms with Gasteiger partial charge in [-0.05, 0) is 12.1 Å². The fraction of sp³-hybridized carbons (Fsp3) is 0.182. The van der Waals surface area contributed by atoms with Crippen LogP contribution in [0.2, 0.25) is 0 Å². The summed E-state index contributed by atoms with van der Waals surface area (Å²) in [4.78, 5) is 3.96. The van der Waals surface area contributed by atoms with Gasteiger partial charge in [-0.25, -0.2) is 8.78 Å². The first-order valence-corrected chi connectivity index (χ1v) is 4.82. The second-order valence-electron chi connectivity index (χ2n) is 3.40. The number of nitrogens with one attached hydrogen (secondary N) is 1. The van der Waals surface area contributed by atoms with E-state index in [1.54, 1.807) is 30.6 Å². The lowest BCUT2D eigenvalue weighted by atomic mass is 10.1. The van der Waals surface area contributed by atoms with Gasteiger partial charge >= 0.3 is 0 Å². The zero-order chi connectivity index (χ0) is 11.5. The van der Waals surface area contributed by atoms with E-state index in [0.29, 0.717) is 11.4 Å². The molecule has 0 aliphatic heterocycles. The Balaban J connectivity index is 2.37. The van der Waals surface area contributed by atoms with E-state index in [1.807, 2.05) is 0 Å². The number of nitrogens with two attached hydrogens (primary N) is 1. The van der Waals surface area contributed by atoms with Crippen molar-refractivity contribution in [3.8, 4) is 0 Å². The van der Waals surface area contributed by atoms with Crippen LogP contribution in [0.4, 0.5) is 20.2 Å². The number of aromatic nitrogens is 1. The van der Waals surface area contributed by atoms with E-state index in [-0.39, 0.29) is 0 Å². The van der Waals surface area contributed by atoms with Crippen LogP contribution in [0, 0.1) is 0 Å². The molecule has 2 aromatic rings. The topological polar surface area (TPSA) is 50.9 Å². The van der Waals surface area contributed by atoms with Crippen LogP contribution in [-0.4, -0.2) is 18.0 Å². The van der Waals surface area contributed by atoms with Crippen molar-refractivity contribution in [2.75, 3.05) is 17.6 Å². The van der Waals surface area contributed by atoms with Crippen LogP contribution in [0.15, 0.2) is 30.6 Å². The van der Waals surface area contributed by atoms with Crippen molar-refractivity contribution in [3.05, 3.63) is 30.6 Å². The molecule has 3 nitrogen and oxygen atoms in total. The molecule has 0 aliphatic rings. The highest BCUT2D eigenvalue weighted by Gasteiger charge is 2.06. The number of hydrogen-bond acceptors (Lipinski definition) is 3. The van der Waals surface area contributed by atoms with Crippen molar-refractivity contribution in [1.82, 2.24) is 4.98 Å². The first-order chi connectivity index (χ1) is 7.68. The number of hydrogen-bond donors (Lipinski definition) is 2. The first kappa shape index (κ1) is 10.6. The molecule has 84 valence electrons. The Morgan fingerprint density at radius 3 is 2.88 bits per heavy atom. The zero-order valence-electron chi connectivity index (χ0n) is 8.45. The van der Waals surface area contributed by atoms with E-state index < -0.39 is 13.0 Å². The Morgan fingerprint density at radius 2 is 2.12 bits per heavy atom. The summed E-state index contributed by atoms with van der Waals surface area (Å²) >= 11 is 0. The van der Waals surface area contributed by atoms with Crippen LogP contribution >= 0.6 is 0 Å². The molecular formula is C11H11F2N3. The number of pyridine rings is 1. The Bertz CT molecular complexity index is 500. The van der Waals surface area contributed by atoms with Gasteiger partial charge in [0, 0.05) is 23.2 Å². The standard InChI is InChI=1S/C11H11F2N3/c12-10(13)6-16-9-2-1-7-5-15-4-3-8(7)11(9)14/h1-5,10,16H,6,14H2. The molecule has 0 fully saturated rings. The second kappa shape index (κ2) is 4.30. The van der Waals surface area contributed by atoms with Gasteiger partial charge in [-0.2, -0.15) is 0 Å². The Hall–Kier alpha value is -1.91. The van der Waals surface area contributed by atoms with Gasteiger partial charge in [-0.3, -0.25) is 4.98 Å². The number of nitrogens with zero attached hydrogens (tertiary/aromatic N) is 1. The van der Waals surface area contributed by atoms with E-state index in [1.165, 1.54) is 0 Å². The quantitative estimate of drug-likeness (QED) is 0.786. The van der Waals surface area contributed by atoms with Crippen molar-refractivity contribution < 1.29 is 8.78 Å². The molecule has 0 bridgehead atoms. The lowest BCUT2D eigenvalue weighted by Crippen LogP contribution is -2.11. The normalized spacial score (nSPS) is 10.9. The smallest absolute Gasteiger partial charge is 0.255 e. The summed E-state index contributed by atoms with van der Waals surface area (Å²) < 4.78 is 24.1. The molecule has 16 heavy (non-hydrogen) atoms. The zero-order valence-corrected chi connectivity index (χ0v) is 8.45. The van der Waals surface area contributed by atoms with Crippen LogP contribution in [0.3, 0.4) is 0 Å². The molecule has 1 aromatic heterocycles. The third-order valence-electron chi connectivity index (χ3n) is 2.31. The number of benzene rings is 1. The summed E-state index contributed by atoms with van der Waals surface area (Å²) in [5.74, 6) is 0. The van der Waals surface area contributed by atoms with Crippen molar-refractivity contribution >= 4 is 22.1 Å². The largest absolute Gasteiger partial charge is 0.397 e. The third-order valence-corrected chi connectivity index (χ3v) is 2.31. The molecule has 0 saturated carbocycles. The highest BCUT2D eigenvalue weighted by molar-refractivity contribution is 5.98. The predicted octanol–water partition coefficient (Wildman–Crippen LogP) is 2.49. The summed E-state index contributed by atoms with van der Waals surface area (Å²) in [6, 6.07) is 5.24. The number of halogens is 2. The van der Waals surface area contributed by atoms with Gasteiger partial charge in [0.1, 0.15) is 0 Å². The minimum absolute atomic E-state index is 0.402. The van der Waals surface area contributed by atoms with Crippen LogP contribution in [0.5, 0.6) is 0 Å². The minimum atomic E-state index is -2.40. The molecular weight excluding hydrogens is 212 g/mol. The van der Waals surface area contributed by atoms with Gasteiger partial charge < -0.3 is 11.1 Å². The number of anilines is 2. The Morgan fingerprint density at radius 1 is 1.31 bits per heavy atom. The van der Waals surface area contributed by atoms with Gasteiger partial charge in [0.2, 0.25) is 0 Å². The summed E-state index contributed by atoms with van der Waals surface area (Å²) in [6.07, 6.45) is 0.908. The van der Waals surface area contributed by atoms with Crippen molar-refractivity contribution in [3.63, 3.8) is 0 Å². The monoisotopic (exact) mass is 223 g/mol. The van der Waals surface area contributed by atoms with E-state index in [9.17, 15) is 8.78 Å². The van der Waals surface area contributed by atoms with Gasteiger partial charge in [0.15, 0.2) is 0 Å². The molecule has 0 amide bonds. The van der Waals surface area contributed by atoms with Crippen LogP contribution in [0.25, 0.3) is 10.8 Å². The lowest BCUT2D eigenvalue weighted by molar-refractivity contribution is 0.163. The van der Waals surface area contributed by atoms with Gasteiger partial charge in [0.05, 0.1) is 17.9 Å². The third kappa shape index (κ3) is 2.03. The van der Waals surface area contributed by atoms with E-state index >= 15 is 0 Å². The first-order valence-electron chi connectivity index (χ1n) is 4.82. The molecule has 0 aliphatic carbocycles. The molecule has 0 radical (unpaired) electrons. The van der Waals surface area contributed by atoms with Crippen molar-refractivity contribution in [2.24, 2.45) is 0 Å². The summed E-state index contributed by atoms with van der Waals surface area (Å²) in [5.41, 5.74) is 6.87.